The molecule has 3 rings (SSSR count). The third-order valence-electron chi connectivity index (χ3n) is 4.13. The van der Waals surface area contributed by atoms with Gasteiger partial charge in [0, 0.05) is 33.2 Å². The van der Waals surface area contributed by atoms with Gasteiger partial charge in [-0.25, -0.2) is 0 Å². The lowest BCUT2D eigenvalue weighted by Crippen LogP contribution is -2.43. The average molecular weight is 275 g/mol. The van der Waals surface area contributed by atoms with Crippen molar-refractivity contribution in [3.63, 3.8) is 0 Å². The fourth-order valence-electron chi connectivity index (χ4n) is 2.71. The third-order valence-corrected chi connectivity index (χ3v) is 4.13. The molecule has 20 heavy (non-hydrogen) atoms. The molecule has 5 nitrogen and oxygen atoms in total. The van der Waals surface area contributed by atoms with Crippen molar-refractivity contribution in [1.82, 2.24) is 10.2 Å². The lowest BCUT2D eigenvalue weighted by molar-refractivity contribution is 0.0732. The van der Waals surface area contributed by atoms with Crippen molar-refractivity contribution in [3.05, 3.63) is 23.8 Å². The molecule has 1 aromatic carbocycles. The first-order valence-electron chi connectivity index (χ1n) is 7.17. The predicted octanol–water partition coefficient (Wildman–Crippen LogP) is 0.949. The van der Waals surface area contributed by atoms with Crippen LogP contribution in [0.5, 0.6) is 5.75 Å². The quantitative estimate of drug-likeness (QED) is 0.829. The van der Waals surface area contributed by atoms with Crippen molar-refractivity contribution in [3.8, 4) is 5.75 Å². The largest absolute Gasteiger partial charge is 0.488 e. The zero-order valence-electron chi connectivity index (χ0n) is 12.1. The van der Waals surface area contributed by atoms with Crippen LogP contribution >= 0.6 is 0 Å². The number of piperazine rings is 1. The monoisotopic (exact) mass is 275 g/mol. The maximum Gasteiger partial charge on any atom is 0.257 e. The van der Waals surface area contributed by atoms with Crippen molar-refractivity contribution in [2.75, 3.05) is 44.7 Å². The van der Waals surface area contributed by atoms with E-state index < -0.39 is 0 Å². The molecule has 1 amide bonds. The van der Waals surface area contributed by atoms with Crippen molar-refractivity contribution in [2.24, 2.45) is 0 Å². The van der Waals surface area contributed by atoms with E-state index in [1.807, 2.05) is 32.2 Å². The fraction of sp³-hybridized carbons (Fsp3) is 0.533. The summed E-state index contributed by atoms with van der Waals surface area (Å²) in [5.41, 5.74) is 1.72. The van der Waals surface area contributed by atoms with E-state index in [9.17, 15) is 4.79 Å². The van der Waals surface area contributed by atoms with Crippen molar-refractivity contribution in [2.45, 2.75) is 13.0 Å². The third kappa shape index (κ3) is 2.22. The minimum Gasteiger partial charge on any atom is -0.488 e. The summed E-state index contributed by atoms with van der Waals surface area (Å²) in [5, 5.41) is 3.34. The normalized spacial score (nSPS) is 23.1. The highest BCUT2D eigenvalue weighted by Gasteiger charge is 2.28. The van der Waals surface area contributed by atoms with Gasteiger partial charge < -0.3 is 19.9 Å². The Balaban J connectivity index is 2.00. The van der Waals surface area contributed by atoms with Crippen LogP contribution in [0.2, 0.25) is 0 Å². The van der Waals surface area contributed by atoms with Crippen LogP contribution in [-0.2, 0) is 0 Å². The molecule has 1 unspecified atom stereocenters. The van der Waals surface area contributed by atoms with Gasteiger partial charge in [-0.3, -0.25) is 4.79 Å². The van der Waals surface area contributed by atoms with E-state index in [1.54, 1.807) is 4.90 Å². The highest BCUT2D eigenvalue weighted by atomic mass is 16.5. The van der Waals surface area contributed by atoms with Crippen molar-refractivity contribution >= 4 is 11.6 Å². The molecule has 0 radical (unpaired) electrons. The summed E-state index contributed by atoms with van der Waals surface area (Å²) >= 11 is 0. The second-order valence-corrected chi connectivity index (χ2v) is 5.47. The number of benzene rings is 1. The van der Waals surface area contributed by atoms with Crippen LogP contribution in [0.1, 0.15) is 17.3 Å². The molecule has 5 heteroatoms. The molecule has 1 N–H and O–H groups in total. The van der Waals surface area contributed by atoms with Gasteiger partial charge in [-0.1, -0.05) is 6.07 Å². The van der Waals surface area contributed by atoms with Gasteiger partial charge in [0.15, 0.2) is 5.75 Å². The number of hydrogen-bond donors (Lipinski definition) is 1. The second-order valence-electron chi connectivity index (χ2n) is 5.47. The molecule has 0 aromatic heterocycles. The summed E-state index contributed by atoms with van der Waals surface area (Å²) in [4.78, 5) is 16.5. The van der Waals surface area contributed by atoms with Gasteiger partial charge >= 0.3 is 0 Å². The number of ether oxygens (including phenoxy) is 1. The number of anilines is 1. The topological polar surface area (TPSA) is 44.8 Å². The summed E-state index contributed by atoms with van der Waals surface area (Å²) in [6.07, 6.45) is 0. The Kier molecular flexibility index (Phi) is 3.53. The Morgan fingerprint density at radius 3 is 2.80 bits per heavy atom. The average Bonchev–Trinajstić information content (AvgIpc) is 2.61. The predicted molar refractivity (Wildman–Crippen MR) is 78.6 cm³/mol. The van der Waals surface area contributed by atoms with Gasteiger partial charge in [-0.05, 0) is 19.1 Å². The molecular weight excluding hydrogens is 254 g/mol. The number of para-hydroxylation sites is 1. The molecule has 0 spiro atoms. The number of nitrogens with zero attached hydrogens (tertiary/aromatic N) is 2. The molecule has 1 aromatic rings. The molecule has 2 heterocycles. The molecule has 1 fully saturated rings. The zero-order chi connectivity index (χ0) is 14.1. The van der Waals surface area contributed by atoms with Gasteiger partial charge in [0.2, 0.25) is 0 Å². The van der Waals surface area contributed by atoms with E-state index in [-0.39, 0.29) is 11.9 Å². The maximum absolute atomic E-state index is 12.5. The minimum absolute atomic E-state index is 0.0435. The van der Waals surface area contributed by atoms with Crippen LogP contribution in [0.25, 0.3) is 0 Å². The molecule has 1 atom stereocenters. The Bertz CT molecular complexity index is 512. The zero-order valence-corrected chi connectivity index (χ0v) is 12.1. The summed E-state index contributed by atoms with van der Waals surface area (Å²) < 4.78 is 5.96. The van der Waals surface area contributed by atoms with E-state index in [2.05, 4.69) is 10.2 Å². The van der Waals surface area contributed by atoms with Gasteiger partial charge in [0.1, 0.15) is 6.61 Å². The number of nitrogens with one attached hydrogen (secondary N) is 1. The first kappa shape index (κ1) is 13.2. The molecule has 0 aliphatic carbocycles. The number of hydrogen-bond acceptors (Lipinski definition) is 4. The van der Waals surface area contributed by atoms with Crippen LogP contribution in [0.15, 0.2) is 18.2 Å². The maximum atomic E-state index is 12.5. The SMILES string of the molecule is CC1COc2c(cccc2N2CCNCC2)C(=O)N1C. The van der Waals surface area contributed by atoms with Crippen molar-refractivity contribution < 1.29 is 9.53 Å². The number of likely N-dealkylation sites (N-methyl/N-ethyl adjacent to an activating group) is 1. The van der Waals surface area contributed by atoms with Crippen molar-refractivity contribution in [1.29, 1.82) is 0 Å². The molecular formula is C15H21N3O2. The number of rotatable bonds is 1. The van der Waals surface area contributed by atoms with Gasteiger partial charge in [0.05, 0.1) is 17.3 Å². The molecule has 1 saturated heterocycles. The lowest BCUT2D eigenvalue weighted by atomic mass is 10.1. The summed E-state index contributed by atoms with van der Waals surface area (Å²) in [5.74, 6) is 0.789. The Hall–Kier alpha value is -1.75. The number of carbonyl (C=O) groups excluding carboxylic acids is 1. The van der Waals surface area contributed by atoms with Crippen LogP contribution in [0.4, 0.5) is 5.69 Å². The lowest BCUT2D eigenvalue weighted by Gasteiger charge is -2.31. The molecule has 0 bridgehead atoms. The molecule has 2 aliphatic heterocycles. The van der Waals surface area contributed by atoms with Gasteiger partial charge in [-0.2, -0.15) is 0 Å². The number of amides is 1. The van der Waals surface area contributed by atoms with E-state index >= 15 is 0 Å². The summed E-state index contributed by atoms with van der Waals surface area (Å²) in [6.45, 7) is 6.37. The van der Waals surface area contributed by atoms with Crippen LogP contribution in [0.3, 0.4) is 0 Å². The minimum atomic E-state index is 0.0435. The summed E-state index contributed by atoms with van der Waals surface area (Å²) in [6, 6.07) is 5.94. The van der Waals surface area contributed by atoms with Gasteiger partial charge in [0.25, 0.3) is 5.91 Å². The molecule has 108 valence electrons. The van der Waals surface area contributed by atoms with Crippen LogP contribution < -0.4 is 15.0 Å². The molecule has 0 saturated carbocycles. The van der Waals surface area contributed by atoms with E-state index in [0.717, 1.165) is 37.6 Å². The first-order valence-corrected chi connectivity index (χ1v) is 7.17. The highest BCUT2D eigenvalue weighted by Crippen LogP contribution is 2.35. The fourth-order valence-corrected chi connectivity index (χ4v) is 2.71. The number of carbonyl (C=O) groups is 1. The molecule has 2 aliphatic rings. The second kappa shape index (κ2) is 5.32. The first-order chi connectivity index (χ1) is 9.68. The standard InChI is InChI=1S/C15H21N3O2/c1-11-10-20-14-12(15(19)17(11)2)4-3-5-13(14)18-8-6-16-7-9-18/h3-5,11,16H,6-10H2,1-2H3. The summed E-state index contributed by atoms with van der Waals surface area (Å²) in [7, 11) is 1.84. The number of fused-ring (bicyclic) bond motifs is 1. The van der Waals surface area contributed by atoms with Gasteiger partial charge in [-0.15, -0.1) is 0 Å². The van der Waals surface area contributed by atoms with Crippen LogP contribution in [0, 0.1) is 0 Å². The smallest absolute Gasteiger partial charge is 0.257 e. The highest BCUT2D eigenvalue weighted by molar-refractivity contribution is 5.99. The van der Waals surface area contributed by atoms with Crippen LogP contribution in [-0.4, -0.2) is 56.7 Å². The van der Waals surface area contributed by atoms with E-state index in [0.29, 0.717) is 12.2 Å². The Morgan fingerprint density at radius 1 is 1.30 bits per heavy atom. The Morgan fingerprint density at radius 2 is 2.05 bits per heavy atom. The van der Waals surface area contributed by atoms with E-state index in [1.165, 1.54) is 0 Å². The van der Waals surface area contributed by atoms with E-state index in [4.69, 9.17) is 4.74 Å². The Labute approximate surface area is 119 Å².